The van der Waals surface area contributed by atoms with Gasteiger partial charge in [-0.05, 0) is 50.7 Å². The van der Waals surface area contributed by atoms with Crippen molar-refractivity contribution < 1.29 is 0 Å². The van der Waals surface area contributed by atoms with E-state index in [1.54, 1.807) is 0 Å². The third-order valence-electron chi connectivity index (χ3n) is 3.01. The minimum absolute atomic E-state index is 0.976. The zero-order chi connectivity index (χ0) is 15.4. The van der Waals surface area contributed by atoms with E-state index in [-0.39, 0.29) is 0 Å². The topological polar surface area (TPSA) is 0 Å². The van der Waals surface area contributed by atoms with Crippen molar-refractivity contribution in [2.24, 2.45) is 0 Å². The standard InChI is InChI=1S/C20H31Br/c1-2-3-4-5-6-7-8-9-10-11-12-13-14-15-16-17-18-19-20-21/h7-8,10-11,13-14,16,18H,2-6,9,12,15,19-20H2,1H3/b8-7-,11-10-,14-13-. The summed E-state index contributed by atoms with van der Waals surface area (Å²) in [6.45, 7) is 2.26. The summed E-state index contributed by atoms with van der Waals surface area (Å²) < 4.78 is 0. The Labute approximate surface area is 140 Å². The fourth-order valence-electron chi connectivity index (χ4n) is 1.80. The Kier molecular flexibility index (Phi) is 18.5. The Morgan fingerprint density at radius 3 is 2.05 bits per heavy atom. The molecule has 0 radical (unpaired) electrons. The highest BCUT2D eigenvalue weighted by Gasteiger charge is 1.83. The first-order valence-electron chi connectivity index (χ1n) is 8.32. The molecule has 0 nitrogen and oxygen atoms in total. The minimum Gasteiger partial charge on any atom is -0.129 e. The third kappa shape index (κ3) is 19.2. The molecule has 0 aromatic heterocycles. The molecule has 0 unspecified atom stereocenters. The highest BCUT2D eigenvalue weighted by Crippen LogP contribution is 2.03. The van der Waals surface area contributed by atoms with Crippen LogP contribution >= 0.6 is 15.9 Å². The molecule has 0 bridgehead atoms. The molecule has 0 aliphatic rings. The summed E-state index contributed by atoms with van der Waals surface area (Å²) >= 11 is 3.39. The molecule has 0 heterocycles. The monoisotopic (exact) mass is 350 g/mol. The van der Waals surface area contributed by atoms with Gasteiger partial charge in [0.15, 0.2) is 0 Å². The van der Waals surface area contributed by atoms with Crippen LogP contribution in [0.25, 0.3) is 0 Å². The lowest BCUT2D eigenvalue weighted by atomic mass is 10.1. The molecular formula is C20H31Br. The summed E-state index contributed by atoms with van der Waals surface area (Å²) in [7, 11) is 0. The van der Waals surface area contributed by atoms with E-state index in [0.717, 1.165) is 31.0 Å². The SMILES string of the molecule is CCCCCC/C=C\C/C=C\C/C=C\CC=C=CCCBr. The Morgan fingerprint density at radius 1 is 0.714 bits per heavy atom. The lowest BCUT2D eigenvalue weighted by Crippen LogP contribution is -1.73. The van der Waals surface area contributed by atoms with Gasteiger partial charge in [0.1, 0.15) is 0 Å². The molecular weight excluding hydrogens is 320 g/mol. The molecule has 0 spiro atoms. The summed E-state index contributed by atoms with van der Waals surface area (Å²) in [5.74, 6) is 0. The van der Waals surface area contributed by atoms with Gasteiger partial charge in [0.05, 0.1) is 0 Å². The first-order chi connectivity index (χ1) is 10.4. The summed E-state index contributed by atoms with van der Waals surface area (Å²) in [5.41, 5.74) is 3.17. The van der Waals surface area contributed by atoms with E-state index in [4.69, 9.17) is 0 Å². The predicted molar refractivity (Wildman–Crippen MR) is 101 cm³/mol. The molecule has 1 heteroatoms. The van der Waals surface area contributed by atoms with E-state index in [2.05, 4.69) is 77.2 Å². The molecule has 0 saturated heterocycles. The number of hydrogen-bond donors (Lipinski definition) is 0. The zero-order valence-corrected chi connectivity index (χ0v) is 15.2. The van der Waals surface area contributed by atoms with E-state index in [9.17, 15) is 0 Å². The van der Waals surface area contributed by atoms with E-state index >= 15 is 0 Å². The van der Waals surface area contributed by atoms with Gasteiger partial charge in [-0.2, -0.15) is 0 Å². The number of halogens is 1. The van der Waals surface area contributed by atoms with Crippen LogP contribution in [0.1, 0.15) is 64.7 Å². The minimum atomic E-state index is 0.976. The number of hydrogen-bond acceptors (Lipinski definition) is 0. The molecule has 0 fully saturated rings. The Balaban J connectivity index is 3.43. The maximum absolute atomic E-state index is 3.39. The zero-order valence-electron chi connectivity index (χ0n) is 13.6. The average Bonchev–Trinajstić information content (AvgIpc) is 2.50. The van der Waals surface area contributed by atoms with Gasteiger partial charge >= 0.3 is 0 Å². The van der Waals surface area contributed by atoms with Gasteiger partial charge in [-0.25, -0.2) is 0 Å². The molecule has 0 rings (SSSR count). The second kappa shape index (κ2) is 19.2. The largest absolute Gasteiger partial charge is 0.129 e. The first-order valence-corrected chi connectivity index (χ1v) is 9.44. The molecule has 0 aromatic rings. The fraction of sp³-hybridized carbons (Fsp3) is 0.550. The van der Waals surface area contributed by atoms with E-state index in [1.807, 2.05) is 0 Å². The van der Waals surface area contributed by atoms with Crippen LogP contribution in [0.3, 0.4) is 0 Å². The highest BCUT2D eigenvalue weighted by atomic mass is 79.9. The second-order valence-electron chi connectivity index (χ2n) is 5.02. The molecule has 0 saturated carbocycles. The molecule has 0 aromatic carbocycles. The first kappa shape index (κ1) is 20.2. The van der Waals surface area contributed by atoms with Crippen LogP contribution in [0.4, 0.5) is 0 Å². The molecule has 21 heavy (non-hydrogen) atoms. The van der Waals surface area contributed by atoms with Gasteiger partial charge < -0.3 is 0 Å². The number of rotatable bonds is 13. The Bertz CT molecular complexity index is 341. The summed E-state index contributed by atoms with van der Waals surface area (Å²) in [6.07, 6.45) is 28.4. The maximum atomic E-state index is 3.39. The smallest absolute Gasteiger partial charge is 0.00719 e. The van der Waals surface area contributed by atoms with E-state index < -0.39 is 0 Å². The van der Waals surface area contributed by atoms with Crippen LogP contribution in [0, 0.1) is 0 Å². The normalized spacial score (nSPS) is 11.5. The molecule has 118 valence electrons. The van der Waals surface area contributed by atoms with Crippen LogP contribution in [0.2, 0.25) is 0 Å². The molecule has 0 atom stereocenters. The fourth-order valence-corrected chi connectivity index (χ4v) is 2.03. The van der Waals surface area contributed by atoms with Crippen molar-refractivity contribution in [3.8, 4) is 0 Å². The van der Waals surface area contributed by atoms with Crippen molar-refractivity contribution in [2.75, 3.05) is 5.33 Å². The van der Waals surface area contributed by atoms with Gasteiger partial charge in [0.25, 0.3) is 0 Å². The van der Waals surface area contributed by atoms with Crippen LogP contribution in [0.5, 0.6) is 0 Å². The highest BCUT2D eigenvalue weighted by molar-refractivity contribution is 9.09. The van der Waals surface area contributed by atoms with Crippen LogP contribution in [-0.4, -0.2) is 5.33 Å². The lowest BCUT2D eigenvalue weighted by Gasteiger charge is -1.93. The van der Waals surface area contributed by atoms with Gasteiger partial charge in [0, 0.05) is 5.33 Å². The van der Waals surface area contributed by atoms with E-state index in [1.165, 1.54) is 32.1 Å². The van der Waals surface area contributed by atoms with Crippen molar-refractivity contribution in [3.63, 3.8) is 0 Å². The lowest BCUT2D eigenvalue weighted by molar-refractivity contribution is 0.674. The van der Waals surface area contributed by atoms with Crippen molar-refractivity contribution in [2.45, 2.75) is 64.7 Å². The molecule has 0 amide bonds. The third-order valence-corrected chi connectivity index (χ3v) is 3.47. The van der Waals surface area contributed by atoms with Crippen LogP contribution < -0.4 is 0 Å². The van der Waals surface area contributed by atoms with Crippen molar-refractivity contribution in [3.05, 3.63) is 54.3 Å². The number of allylic oxidation sites excluding steroid dienone is 7. The van der Waals surface area contributed by atoms with Gasteiger partial charge in [-0.1, -0.05) is 78.6 Å². The summed E-state index contributed by atoms with van der Waals surface area (Å²) in [5, 5.41) is 1.02. The van der Waals surface area contributed by atoms with Gasteiger partial charge in [-0.3, -0.25) is 0 Å². The van der Waals surface area contributed by atoms with Crippen molar-refractivity contribution >= 4 is 15.9 Å². The number of unbranched alkanes of at least 4 members (excludes halogenated alkanes) is 4. The number of alkyl halides is 1. The summed E-state index contributed by atoms with van der Waals surface area (Å²) in [6, 6.07) is 0. The average molecular weight is 351 g/mol. The Morgan fingerprint density at radius 2 is 1.38 bits per heavy atom. The van der Waals surface area contributed by atoms with Crippen molar-refractivity contribution in [1.29, 1.82) is 0 Å². The van der Waals surface area contributed by atoms with Gasteiger partial charge in [0.2, 0.25) is 0 Å². The molecule has 0 aliphatic heterocycles. The van der Waals surface area contributed by atoms with Crippen LogP contribution in [0.15, 0.2) is 54.3 Å². The predicted octanol–water partition coefficient (Wildman–Crippen LogP) is 7.29. The Hall–Kier alpha value is -0.780. The summed E-state index contributed by atoms with van der Waals surface area (Å²) in [4.78, 5) is 0. The van der Waals surface area contributed by atoms with Crippen molar-refractivity contribution in [1.82, 2.24) is 0 Å². The van der Waals surface area contributed by atoms with Gasteiger partial charge in [-0.15, -0.1) is 5.73 Å². The van der Waals surface area contributed by atoms with Crippen LogP contribution in [-0.2, 0) is 0 Å². The molecule has 0 N–H and O–H groups in total. The quantitative estimate of drug-likeness (QED) is 0.141. The maximum Gasteiger partial charge on any atom is 0.00719 e. The second-order valence-corrected chi connectivity index (χ2v) is 5.82. The molecule has 0 aliphatic carbocycles. The van der Waals surface area contributed by atoms with E-state index in [0.29, 0.717) is 0 Å².